The van der Waals surface area contributed by atoms with Crippen LogP contribution in [-0.4, -0.2) is 29.0 Å². The van der Waals surface area contributed by atoms with E-state index < -0.39 is 0 Å². The van der Waals surface area contributed by atoms with Gasteiger partial charge in [-0.25, -0.2) is 4.39 Å². The number of aromatic nitrogens is 1. The van der Waals surface area contributed by atoms with Crippen LogP contribution in [0.15, 0.2) is 60.8 Å². The summed E-state index contributed by atoms with van der Waals surface area (Å²) >= 11 is 0. The van der Waals surface area contributed by atoms with E-state index in [0.29, 0.717) is 19.7 Å². The van der Waals surface area contributed by atoms with Gasteiger partial charge < -0.3 is 4.74 Å². The Morgan fingerprint density at radius 2 is 1.85 bits per heavy atom. The predicted octanol–water partition coefficient (Wildman–Crippen LogP) is 3.94. The first kappa shape index (κ1) is 18.0. The van der Waals surface area contributed by atoms with Crippen LogP contribution in [0.5, 0.6) is 0 Å². The van der Waals surface area contributed by atoms with Crippen molar-refractivity contribution in [3.05, 3.63) is 77.7 Å². The molecule has 4 nitrogen and oxygen atoms in total. The lowest BCUT2D eigenvalue weighted by Gasteiger charge is -2.22. The molecule has 0 aliphatic rings. The Hall–Kier alpha value is -2.79. The SMILES string of the molecule is CCOC(=O)CN(Cc1ccc(F)cc1)Cc1cccc2cccnc12. The summed E-state index contributed by atoms with van der Waals surface area (Å²) in [7, 11) is 0. The second-order valence-corrected chi connectivity index (χ2v) is 6.07. The zero-order valence-corrected chi connectivity index (χ0v) is 14.7. The van der Waals surface area contributed by atoms with Crippen LogP contribution >= 0.6 is 0 Å². The normalized spacial score (nSPS) is 11.0. The fraction of sp³-hybridized carbons (Fsp3) is 0.238. The van der Waals surface area contributed by atoms with Crippen molar-refractivity contribution < 1.29 is 13.9 Å². The fourth-order valence-corrected chi connectivity index (χ4v) is 2.94. The highest BCUT2D eigenvalue weighted by Gasteiger charge is 2.15. The minimum atomic E-state index is -0.275. The van der Waals surface area contributed by atoms with Crippen LogP contribution in [0.2, 0.25) is 0 Å². The van der Waals surface area contributed by atoms with Crippen LogP contribution in [0.4, 0.5) is 4.39 Å². The van der Waals surface area contributed by atoms with Crippen molar-refractivity contribution in [1.29, 1.82) is 0 Å². The third-order valence-electron chi connectivity index (χ3n) is 4.09. The Bertz CT molecular complexity index is 875. The molecule has 0 bridgehead atoms. The van der Waals surface area contributed by atoms with Crippen LogP contribution in [0.1, 0.15) is 18.1 Å². The van der Waals surface area contributed by atoms with E-state index >= 15 is 0 Å². The molecule has 2 aromatic carbocycles. The maximum absolute atomic E-state index is 13.2. The maximum Gasteiger partial charge on any atom is 0.320 e. The van der Waals surface area contributed by atoms with E-state index in [1.807, 2.05) is 35.2 Å². The number of pyridine rings is 1. The molecule has 0 atom stereocenters. The fourth-order valence-electron chi connectivity index (χ4n) is 2.94. The molecule has 0 unspecified atom stereocenters. The van der Waals surface area contributed by atoms with Crippen molar-refractivity contribution in [2.45, 2.75) is 20.0 Å². The van der Waals surface area contributed by atoms with Crippen molar-refractivity contribution in [2.24, 2.45) is 0 Å². The summed E-state index contributed by atoms with van der Waals surface area (Å²) in [6.07, 6.45) is 1.77. The topological polar surface area (TPSA) is 42.4 Å². The molecule has 0 spiro atoms. The third-order valence-corrected chi connectivity index (χ3v) is 4.09. The van der Waals surface area contributed by atoms with Gasteiger partial charge in [0.25, 0.3) is 0 Å². The van der Waals surface area contributed by atoms with Gasteiger partial charge >= 0.3 is 5.97 Å². The number of carbonyl (C=O) groups is 1. The quantitative estimate of drug-likeness (QED) is 0.604. The molecule has 0 radical (unpaired) electrons. The Labute approximate surface area is 152 Å². The molecular weight excluding hydrogens is 331 g/mol. The molecule has 0 aliphatic carbocycles. The number of ether oxygens (including phenoxy) is 1. The summed E-state index contributed by atoms with van der Waals surface area (Å²) in [4.78, 5) is 18.5. The van der Waals surface area contributed by atoms with Crippen molar-refractivity contribution in [2.75, 3.05) is 13.2 Å². The summed E-state index contributed by atoms with van der Waals surface area (Å²) < 4.78 is 18.3. The summed E-state index contributed by atoms with van der Waals surface area (Å²) in [6, 6.07) is 16.3. The van der Waals surface area contributed by atoms with Gasteiger partial charge in [0, 0.05) is 24.7 Å². The molecule has 3 rings (SSSR count). The standard InChI is InChI=1S/C21H21FN2O2/c1-2-26-20(25)15-24(13-16-8-10-19(22)11-9-16)14-18-6-3-5-17-7-4-12-23-21(17)18/h3-12H,2,13-15H2,1H3. The minimum Gasteiger partial charge on any atom is -0.465 e. The number of hydrogen-bond acceptors (Lipinski definition) is 4. The van der Waals surface area contributed by atoms with E-state index in [1.165, 1.54) is 12.1 Å². The van der Waals surface area contributed by atoms with Gasteiger partial charge in [0.1, 0.15) is 5.82 Å². The highest BCUT2D eigenvalue weighted by Crippen LogP contribution is 2.19. The lowest BCUT2D eigenvalue weighted by atomic mass is 10.1. The molecule has 1 heterocycles. The Morgan fingerprint density at radius 3 is 2.62 bits per heavy atom. The second-order valence-electron chi connectivity index (χ2n) is 6.07. The minimum absolute atomic E-state index is 0.161. The number of hydrogen-bond donors (Lipinski definition) is 0. The van der Waals surface area contributed by atoms with Gasteiger partial charge in [-0.15, -0.1) is 0 Å². The van der Waals surface area contributed by atoms with Crippen molar-refractivity contribution in [3.8, 4) is 0 Å². The van der Waals surface area contributed by atoms with E-state index in [2.05, 4.69) is 4.98 Å². The third kappa shape index (κ3) is 4.64. The van der Waals surface area contributed by atoms with Gasteiger partial charge in [-0.2, -0.15) is 0 Å². The van der Waals surface area contributed by atoms with E-state index in [4.69, 9.17) is 4.74 Å². The number of nitrogens with zero attached hydrogens (tertiary/aromatic N) is 2. The van der Waals surface area contributed by atoms with Gasteiger partial charge in [0.2, 0.25) is 0 Å². The van der Waals surface area contributed by atoms with Crippen molar-refractivity contribution in [3.63, 3.8) is 0 Å². The zero-order valence-electron chi connectivity index (χ0n) is 14.7. The number of carbonyl (C=O) groups excluding carboxylic acids is 1. The monoisotopic (exact) mass is 352 g/mol. The molecule has 1 aromatic heterocycles. The van der Waals surface area contributed by atoms with E-state index in [0.717, 1.165) is 22.0 Å². The highest BCUT2D eigenvalue weighted by molar-refractivity contribution is 5.81. The van der Waals surface area contributed by atoms with E-state index in [-0.39, 0.29) is 18.3 Å². The van der Waals surface area contributed by atoms with E-state index in [9.17, 15) is 9.18 Å². The predicted molar refractivity (Wildman–Crippen MR) is 98.9 cm³/mol. The molecule has 0 N–H and O–H groups in total. The lowest BCUT2D eigenvalue weighted by molar-refractivity contribution is -0.144. The maximum atomic E-state index is 13.2. The largest absolute Gasteiger partial charge is 0.465 e. The number of benzene rings is 2. The average molecular weight is 352 g/mol. The summed E-state index contributed by atoms with van der Waals surface area (Å²) in [5, 5.41) is 1.06. The first-order chi connectivity index (χ1) is 12.7. The molecule has 3 aromatic rings. The summed E-state index contributed by atoms with van der Waals surface area (Å²) in [5.41, 5.74) is 2.89. The van der Waals surface area contributed by atoms with Crippen LogP contribution in [0.25, 0.3) is 10.9 Å². The van der Waals surface area contributed by atoms with Crippen molar-refractivity contribution in [1.82, 2.24) is 9.88 Å². The van der Waals surface area contributed by atoms with Gasteiger partial charge in [-0.1, -0.05) is 36.4 Å². The first-order valence-electron chi connectivity index (χ1n) is 8.60. The summed E-state index contributed by atoms with van der Waals surface area (Å²) in [6.45, 7) is 3.36. The molecule has 0 aliphatic heterocycles. The van der Waals surface area contributed by atoms with Crippen LogP contribution < -0.4 is 0 Å². The number of esters is 1. The van der Waals surface area contributed by atoms with Crippen LogP contribution in [0.3, 0.4) is 0 Å². The highest BCUT2D eigenvalue weighted by atomic mass is 19.1. The zero-order chi connectivity index (χ0) is 18.4. The molecule has 0 fully saturated rings. The molecule has 134 valence electrons. The number of halogens is 1. The van der Waals surface area contributed by atoms with E-state index in [1.54, 1.807) is 25.3 Å². The molecule has 0 saturated heterocycles. The average Bonchev–Trinajstić information content (AvgIpc) is 2.64. The lowest BCUT2D eigenvalue weighted by Crippen LogP contribution is -2.30. The molecular formula is C21H21FN2O2. The molecule has 5 heteroatoms. The number of fused-ring (bicyclic) bond motifs is 1. The number of rotatable bonds is 7. The van der Waals surface area contributed by atoms with Gasteiger partial charge in [-0.3, -0.25) is 14.7 Å². The van der Waals surface area contributed by atoms with Gasteiger partial charge in [0.15, 0.2) is 0 Å². The Kier molecular flexibility index (Phi) is 5.92. The Balaban J connectivity index is 1.84. The van der Waals surface area contributed by atoms with Crippen LogP contribution in [-0.2, 0) is 22.6 Å². The van der Waals surface area contributed by atoms with Crippen LogP contribution in [0, 0.1) is 5.82 Å². The smallest absolute Gasteiger partial charge is 0.320 e. The second kappa shape index (κ2) is 8.54. The van der Waals surface area contributed by atoms with Gasteiger partial charge in [-0.05, 0) is 36.2 Å². The van der Waals surface area contributed by atoms with Crippen molar-refractivity contribution >= 4 is 16.9 Å². The molecule has 0 amide bonds. The molecule has 26 heavy (non-hydrogen) atoms. The Morgan fingerprint density at radius 1 is 1.08 bits per heavy atom. The summed E-state index contributed by atoms with van der Waals surface area (Å²) in [5.74, 6) is -0.549. The van der Waals surface area contributed by atoms with Gasteiger partial charge in [0.05, 0.1) is 18.7 Å². The molecule has 0 saturated carbocycles. The first-order valence-corrected chi connectivity index (χ1v) is 8.60. The number of para-hydroxylation sites is 1.